The molecule has 0 saturated heterocycles. The predicted octanol–water partition coefficient (Wildman–Crippen LogP) is 3.07. The first-order chi connectivity index (χ1) is 13.8. The van der Waals surface area contributed by atoms with Gasteiger partial charge in [0.25, 0.3) is 5.91 Å². The third kappa shape index (κ3) is 2.89. The number of benzene rings is 2. The maximum Gasteiger partial charge on any atom is 0.251 e. The third-order valence-electron chi connectivity index (χ3n) is 5.09. The number of amides is 1. The molecular formula is C22H19N5O. The van der Waals surface area contributed by atoms with Crippen LogP contribution in [0.1, 0.15) is 21.5 Å². The molecule has 28 heavy (non-hydrogen) atoms. The van der Waals surface area contributed by atoms with Crippen molar-refractivity contribution in [1.29, 1.82) is 0 Å². The van der Waals surface area contributed by atoms with Gasteiger partial charge in [-0.25, -0.2) is 4.98 Å². The number of nitrogens with zero attached hydrogens (tertiary/aromatic N) is 4. The molecule has 6 nitrogen and oxygen atoms in total. The van der Waals surface area contributed by atoms with E-state index in [1.54, 1.807) is 12.4 Å². The van der Waals surface area contributed by atoms with Crippen LogP contribution in [0.4, 0.5) is 0 Å². The molecule has 1 amide bonds. The van der Waals surface area contributed by atoms with Crippen molar-refractivity contribution in [3.05, 3.63) is 90.0 Å². The van der Waals surface area contributed by atoms with E-state index in [1.165, 1.54) is 0 Å². The third-order valence-corrected chi connectivity index (χ3v) is 5.09. The largest absolute Gasteiger partial charge is 0.352 e. The van der Waals surface area contributed by atoms with Crippen LogP contribution in [0.3, 0.4) is 0 Å². The van der Waals surface area contributed by atoms with Crippen molar-refractivity contribution < 1.29 is 4.79 Å². The number of carbonyl (C=O) groups excluding carboxylic acids is 1. The van der Waals surface area contributed by atoms with Crippen LogP contribution in [0.15, 0.2) is 73.3 Å². The summed E-state index contributed by atoms with van der Waals surface area (Å²) in [6, 6.07) is 16.2. The number of imidazole rings is 1. The maximum absolute atomic E-state index is 12.2. The standard InChI is InChI=1S/C22H19N5O/c28-22-20-14-18(7-6-16(20)8-10-24-22)27-13-11-23-21(27)19-5-2-1-4-17(19)15-26-12-3-9-25-26/h1-7,9,11-14H,8,10,15H2,(H,24,28). The zero-order valence-corrected chi connectivity index (χ0v) is 15.2. The number of aromatic nitrogens is 4. The lowest BCUT2D eigenvalue weighted by Gasteiger charge is -2.18. The van der Waals surface area contributed by atoms with E-state index in [1.807, 2.05) is 52.0 Å². The van der Waals surface area contributed by atoms with Crippen molar-refractivity contribution in [2.45, 2.75) is 13.0 Å². The van der Waals surface area contributed by atoms with Gasteiger partial charge in [-0.15, -0.1) is 0 Å². The Morgan fingerprint density at radius 2 is 1.93 bits per heavy atom. The molecule has 0 spiro atoms. The second-order valence-electron chi connectivity index (χ2n) is 6.83. The van der Waals surface area contributed by atoms with E-state index in [4.69, 9.17) is 0 Å². The molecule has 0 unspecified atom stereocenters. The summed E-state index contributed by atoms with van der Waals surface area (Å²) in [6.07, 6.45) is 8.32. The van der Waals surface area contributed by atoms with Crippen molar-refractivity contribution in [2.24, 2.45) is 0 Å². The Morgan fingerprint density at radius 1 is 1.00 bits per heavy atom. The fourth-order valence-electron chi connectivity index (χ4n) is 3.71. The summed E-state index contributed by atoms with van der Waals surface area (Å²) in [5.41, 5.74) is 4.94. The molecule has 0 radical (unpaired) electrons. The number of rotatable bonds is 4. The number of hydrogen-bond acceptors (Lipinski definition) is 3. The van der Waals surface area contributed by atoms with Crippen LogP contribution in [0.25, 0.3) is 17.1 Å². The highest BCUT2D eigenvalue weighted by Crippen LogP contribution is 2.27. The minimum absolute atomic E-state index is 0.0103. The van der Waals surface area contributed by atoms with Gasteiger partial charge in [0.1, 0.15) is 5.82 Å². The van der Waals surface area contributed by atoms with Crippen LogP contribution in [0.2, 0.25) is 0 Å². The van der Waals surface area contributed by atoms with E-state index in [0.29, 0.717) is 13.1 Å². The van der Waals surface area contributed by atoms with Gasteiger partial charge in [-0.3, -0.25) is 14.0 Å². The zero-order valence-electron chi connectivity index (χ0n) is 15.2. The normalized spacial score (nSPS) is 13.2. The average molecular weight is 369 g/mol. The lowest BCUT2D eigenvalue weighted by Crippen LogP contribution is -2.31. The summed E-state index contributed by atoms with van der Waals surface area (Å²) in [7, 11) is 0. The van der Waals surface area contributed by atoms with E-state index in [2.05, 4.69) is 33.6 Å². The van der Waals surface area contributed by atoms with Crippen LogP contribution in [0.5, 0.6) is 0 Å². The molecule has 0 saturated carbocycles. The molecule has 3 heterocycles. The molecule has 0 atom stereocenters. The summed E-state index contributed by atoms with van der Waals surface area (Å²) in [5, 5.41) is 7.23. The number of fused-ring (bicyclic) bond motifs is 1. The van der Waals surface area contributed by atoms with E-state index in [-0.39, 0.29) is 5.91 Å². The smallest absolute Gasteiger partial charge is 0.251 e. The summed E-state index contributed by atoms with van der Waals surface area (Å²) < 4.78 is 3.93. The first-order valence-corrected chi connectivity index (χ1v) is 9.30. The Balaban J connectivity index is 1.58. The number of carbonyl (C=O) groups is 1. The number of hydrogen-bond donors (Lipinski definition) is 1. The minimum atomic E-state index is -0.0103. The molecule has 0 aliphatic carbocycles. The number of nitrogens with one attached hydrogen (secondary N) is 1. The molecular weight excluding hydrogens is 350 g/mol. The molecule has 1 aliphatic rings. The van der Waals surface area contributed by atoms with Gasteiger partial charge in [0.05, 0.1) is 6.54 Å². The van der Waals surface area contributed by atoms with Gasteiger partial charge in [0.2, 0.25) is 0 Å². The van der Waals surface area contributed by atoms with Crippen molar-refractivity contribution >= 4 is 5.91 Å². The van der Waals surface area contributed by atoms with Gasteiger partial charge in [-0.1, -0.05) is 30.3 Å². The highest BCUT2D eigenvalue weighted by atomic mass is 16.1. The maximum atomic E-state index is 12.2. The fourth-order valence-corrected chi connectivity index (χ4v) is 3.71. The zero-order chi connectivity index (χ0) is 18.9. The van der Waals surface area contributed by atoms with Gasteiger partial charge in [-0.05, 0) is 35.7 Å². The van der Waals surface area contributed by atoms with Crippen molar-refractivity contribution in [1.82, 2.24) is 24.6 Å². The molecule has 0 bridgehead atoms. The first kappa shape index (κ1) is 16.5. The van der Waals surface area contributed by atoms with Gasteiger partial charge >= 0.3 is 0 Å². The second-order valence-corrected chi connectivity index (χ2v) is 6.83. The summed E-state index contributed by atoms with van der Waals surface area (Å²) in [4.78, 5) is 16.9. The van der Waals surface area contributed by atoms with Gasteiger partial charge in [0, 0.05) is 48.1 Å². The fraction of sp³-hybridized carbons (Fsp3) is 0.136. The van der Waals surface area contributed by atoms with E-state index >= 15 is 0 Å². The molecule has 1 aliphatic heterocycles. The Hall–Kier alpha value is -3.67. The summed E-state index contributed by atoms with van der Waals surface area (Å²) in [6.45, 7) is 1.37. The topological polar surface area (TPSA) is 64.7 Å². The Morgan fingerprint density at radius 3 is 2.82 bits per heavy atom. The molecule has 2 aromatic carbocycles. The molecule has 1 N–H and O–H groups in total. The van der Waals surface area contributed by atoms with E-state index in [0.717, 1.165) is 40.2 Å². The van der Waals surface area contributed by atoms with Crippen molar-refractivity contribution in [3.8, 4) is 17.1 Å². The van der Waals surface area contributed by atoms with Gasteiger partial charge in [-0.2, -0.15) is 5.10 Å². The van der Waals surface area contributed by atoms with Crippen molar-refractivity contribution in [2.75, 3.05) is 6.54 Å². The average Bonchev–Trinajstić information content (AvgIpc) is 3.41. The second kappa shape index (κ2) is 6.81. The molecule has 0 fully saturated rings. The highest BCUT2D eigenvalue weighted by Gasteiger charge is 2.18. The lowest BCUT2D eigenvalue weighted by molar-refractivity contribution is 0.0946. The van der Waals surface area contributed by atoms with Crippen LogP contribution in [0, 0.1) is 0 Å². The molecule has 5 rings (SSSR count). The Kier molecular flexibility index (Phi) is 4.01. The summed E-state index contributed by atoms with van der Waals surface area (Å²) in [5.74, 6) is 0.836. The van der Waals surface area contributed by atoms with E-state index < -0.39 is 0 Å². The molecule has 4 aromatic rings. The molecule has 138 valence electrons. The highest BCUT2D eigenvalue weighted by molar-refractivity contribution is 5.97. The lowest BCUT2D eigenvalue weighted by atomic mass is 9.99. The van der Waals surface area contributed by atoms with Crippen LogP contribution in [-0.2, 0) is 13.0 Å². The quantitative estimate of drug-likeness (QED) is 0.601. The molecule has 2 aromatic heterocycles. The first-order valence-electron chi connectivity index (χ1n) is 9.30. The van der Waals surface area contributed by atoms with Crippen LogP contribution < -0.4 is 5.32 Å². The predicted molar refractivity (Wildman–Crippen MR) is 106 cm³/mol. The van der Waals surface area contributed by atoms with E-state index in [9.17, 15) is 4.79 Å². The SMILES string of the molecule is O=C1NCCc2ccc(-n3ccnc3-c3ccccc3Cn3cccn3)cc21. The monoisotopic (exact) mass is 369 g/mol. The van der Waals surface area contributed by atoms with Crippen LogP contribution >= 0.6 is 0 Å². The summed E-state index contributed by atoms with van der Waals surface area (Å²) >= 11 is 0. The minimum Gasteiger partial charge on any atom is -0.352 e. The van der Waals surface area contributed by atoms with Gasteiger partial charge in [0.15, 0.2) is 0 Å². The van der Waals surface area contributed by atoms with Crippen molar-refractivity contribution in [3.63, 3.8) is 0 Å². The van der Waals surface area contributed by atoms with Crippen LogP contribution in [-0.4, -0.2) is 31.8 Å². The Labute approximate surface area is 162 Å². The Bertz CT molecular complexity index is 1140. The molecule has 6 heteroatoms. The van der Waals surface area contributed by atoms with Gasteiger partial charge < -0.3 is 5.32 Å².